The van der Waals surface area contributed by atoms with Crippen molar-refractivity contribution in [1.82, 2.24) is 10.2 Å². The summed E-state index contributed by atoms with van der Waals surface area (Å²) in [4.78, 5) is 2.52. The number of rotatable bonds is 6. The van der Waals surface area contributed by atoms with Gasteiger partial charge in [0.1, 0.15) is 5.82 Å². The van der Waals surface area contributed by atoms with Gasteiger partial charge in [-0.1, -0.05) is 19.1 Å². The van der Waals surface area contributed by atoms with Crippen LogP contribution in [0.5, 0.6) is 0 Å². The van der Waals surface area contributed by atoms with Gasteiger partial charge in [-0.05, 0) is 76.0 Å². The second-order valence-corrected chi connectivity index (χ2v) is 6.02. The molecule has 1 aromatic carbocycles. The second-order valence-electron chi connectivity index (χ2n) is 6.02. The highest BCUT2D eigenvalue weighted by Gasteiger charge is 2.18. The Morgan fingerprint density at radius 1 is 1.35 bits per heavy atom. The Hall–Kier alpha value is -0.930. The molecule has 1 aliphatic rings. The van der Waals surface area contributed by atoms with Crippen LogP contribution in [-0.4, -0.2) is 37.1 Å². The van der Waals surface area contributed by atoms with Crippen LogP contribution in [0.15, 0.2) is 24.3 Å². The number of benzene rings is 1. The van der Waals surface area contributed by atoms with Crippen LogP contribution in [0, 0.1) is 11.7 Å². The van der Waals surface area contributed by atoms with Gasteiger partial charge >= 0.3 is 0 Å². The molecule has 1 saturated heterocycles. The predicted octanol–water partition coefficient (Wildman–Crippen LogP) is 3.08. The Morgan fingerprint density at radius 3 is 2.75 bits per heavy atom. The molecule has 1 heterocycles. The first kappa shape index (κ1) is 15.5. The van der Waals surface area contributed by atoms with Gasteiger partial charge in [0, 0.05) is 6.04 Å². The third-order valence-electron chi connectivity index (χ3n) is 4.34. The fraction of sp³-hybridized carbons (Fsp3) is 0.647. The van der Waals surface area contributed by atoms with E-state index in [1.54, 1.807) is 12.1 Å². The van der Waals surface area contributed by atoms with Crippen LogP contribution >= 0.6 is 0 Å². The Morgan fingerprint density at radius 2 is 2.10 bits per heavy atom. The van der Waals surface area contributed by atoms with E-state index in [4.69, 9.17) is 0 Å². The standard InChI is InChI=1S/C17H27FN2/c1-3-20-9-7-15(8-10-20)13-19-14(2)11-16-5-4-6-17(18)12-16/h4-6,12,14-15,19H,3,7-11,13H2,1-2H3. The van der Waals surface area contributed by atoms with Crippen molar-refractivity contribution in [2.45, 2.75) is 39.2 Å². The predicted molar refractivity (Wildman–Crippen MR) is 82.4 cm³/mol. The highest BCUT2D eigenvalue weighted by atomic mass is 19.1. The van der Waals surface area contributed by atoms with E-state index < -0.39 is 0 Å². The minimum Gasteiger partial charge on any atom is -0.314 e. The van der Waals surface area contributed by atoms with Crippen LogP contribution in [0.3, 0.4) is 0 Å². The van der Waals surface area contributed by atoms with E-state index in [0.717, 1.165) is 24.4 Å². The molecule has 0 aliphatic carbocycles. The summed E-state index contributed by atoms with van der Waals surface area (Å²) in [5, 5.41) is 3.61. The molecule has 1 N–H and O–H groups in total. The summed E-state index contributed by atoms with van der Waals surface area (Å²) < 4.78 is 13.1. The van der Waals surface area contributed by atoms with Crippen molar-refractivity contribution in [3.63, 3.8) is 0 Å². The van der Waals surface area contributed by atoms with Crippen molar-refractivity contribution in [3.8, 4) is 0 Å². The van der Waals surface area contributed by atoms with Gasteiger partial charge in [0.15, 0.2) is 0 Å². The SMILES string of the molecule is CCN1CCC(CNC(C)Cc2cccc(F)c2)CC1. The lowest BCUT2D eigenvalue weighted by molar-refractivity contribution is 0.188. The van der Waals surface area contributed by atoms with Crippen molar-refractivity contribution < 1.29 is 4.39 Å². The van der Waals surface area contributed by atoms with Crippen LogP contribution in [0.2, 0.25) is 0 Å². The Balaban J connectivity index is 1.69. The molecule has 1 aromatic rings. The third-order valence-corrected chi connectivity index (χ3v) is 4.34. The van der Waals surface area contributed by atoms with E-state index in [9.17, 15) is 4.39 Å². The number of hydrogen-bond donors (Lipinski definition) is 1. The van der Waals surface area contributed by atoms with Crippen LogP contribution < -0.4 is 5.32 Å². The van der Waals surface area contributed by atoms with E-state index in [2.05, 4.69) is 24.1 Å². The zero-order valence-electron chi connectivity index (χ0n) is 12.7. The highest BCUT2D eigenvalue weighted by molar-refractivity contribution is 5.17. The maximum Gasteiger partial charge on any atom is 0.123 e. The van der Waals surface area contributed by atoms with Gasteiger partial charge in [-0.15, -0.1) is 0 Å². The maximum absolute atomic E-state index is 13.1. The molecule has 0 amide bonds. The van der Waals surface area contributed by atoms with Gasteiger partial charge in [0.2, 0.25) is 0 Å². The summed E-state index contributed by atoms with van der Waals surface area (Å²) >= 11 is 0. The number of nitrogens with zero attached hydrogens (tertiary/aromatic N) is 1. The summed E-state index contributed by atoms with van der Waals surface area (Å²) in [7, 11) is 0. The minimum atomic E-state index is -0.137. The molecule has 2 rings (SSSR count). The summed E-state index contributed by atoms with van der Waals surface area (Å²) in [6.45, 7) is 9.16. The normalized spacial score (nSPS) is 19.1. The number of likely N-dealkylation sites (tertiary alicyclic amines) is 1. The fourth-order valence-electron chi connectivity index (χ4n) is 2.96. The van der Waals surface area contributed by atoms with Crippen LogP contribution in [-0.2, 0) is 6.42 Å². The number of hydrogen-bond acceptors (Lipinski definition) is 2. The van der Waals surface area contributed by atoms with Gasteiger partial charge in [0.05, 0.1) is 0 Å². The average molecular weight is 278 g/mol. The molecule has 112 valence electrons. The molecule has 1 aliphatic heterocycles. The molecule has 0 aromatic heterocycles. The van der Waals surface area contributed by atoms with E-state index in [0.29, 0.717) is 6.04 Å². The quantitative estimate of drug-likeness (QED) is 0.860. The van der Waals surface area contributed by atoms with Gasteiger partial charge < -0.3 is 10.2 Å². The van der Waals surface area contributed by atoms with E-state index in [1.807, 2.05) is 6.07 Å². The van der Waals surface area contributed by atoms with Crippen molar-refractivity contribution in [1.29, 1.82) is 0 Å². The van der Waals surface area contributed by atoms with Crippen LogP contribution in [0.25, 0.3) is 0 Å². The van der Waals surface area contributed by atoms with Crippen molar-refractivity contribution in [2.75, 3.05) is 26.2 Å². The third kappa shape index (κ3) is 4.88. The summed E-state index contributed by atoms with van der Waals surface area (Å²) in [5.41, 5.74) is 1.07. The van der Waals surface area contributed by atoms with E-state index in [-0.39, 0.29) is 5.82 Å². The van der Waals surface area contributed by atoms with E-state index in [1.165, 1.54) is 38.5 Å². The Labute approximate surface area is 122 Å². The summed E-state index contributed by atoms with van der Waals surface area (Å²) in [6, 6.07) is 7.33. The zero-order chi connectivity index (χ0) is 14.4. The lowest BCUT2D eigenvalue weighted by atomic mass is 9.96. The molecule has 0 spiro atoms. The number of halogens is 1. The molecule has 0 radical (unpaired) electrons. The average Bonchev–Trinajstić information content (AvgIpc) is 2.46. The lowest BCUT2D eigenvalue weighted by Crippen LogP contribution is -2.39. The highest BCUT2D eigenvalue weighted by Crippen LogP contribution is 2.16. The Kier molecular flexibility index (Phi) is 5.99. The van der Waals surface area contributed by atoms with Crippen molar-refractivity contribution in [3.05, 3.63) is 35.6 Å². The lowest BCUT2D eigenvalue weighted by Gasteiger charge is -2.31. The van der Waals surface area contributed by atoms with Crippen molar-refractivity contribution in [2.24, 2.45) is 5.92 Å². The summed E-state index contributed by atoms with van der Waals surface area (Å²) in [5.74, 6) is 0.661. The zero-order valence-corrected chi connectivity index (χ0v) is 12.7. The topological polar surface area (TPSA) is 15.3 Å². The number of nitrogens with one attached hydrogen (secondary N) is 1. The van der Waals surface area contributed by atoms with Gasteiger partial charge in [-0.25, -0.2) is 4.39 Å². The molecule has 1 unspecified atom stereocenters. The number of piperidine rings is 1. The largest absolute Gasteiger partial charge is 0.314 e. The van der Waals surface area contributed by atoms with Gasteiger partial charge in [-0.2, -0.15) is 0 Å². The van der Waals surface area contributed by atoms with Crippen LogP contribution in [0.4, 0.5) is 4.39 Å². The fourth-order valence-corrected chi connectivity index (χ4v) is 2.96. The molecule has 2 nitrogen and oxygen atoms in total. The maximum atomic E-state index is 13.1. The molecule has 1 atom stereocenters. The molecular formula is C17H27FN2. The molecule has 1 fully saturated rings. The van der Waals surface area contributed by atoms with Gasteiger partial charge in [0.25, 0.3) is 0 Å². The minimum absolute atomic E-state index is 0.137. The summed E-state index contributed by atoms with van der Waals surface area (Å²) in [6.07, 6.45) is 3.49. The first-order chi connectivity index (χ1) is 9.67. The first-order valence-electron chi connectivity index (χ1n) is 7.87. The monoisotopic (exact) mass is 278 g/mol. The van der Waals surface area contributed by atoms with Crippen LogP contribution in [0.1, 0.15) is 32.3 Å². The second kappa shape index (κ2) is 7.75. The molecular weight excluding hydrogens is 251 g/mol. The molecule has 3 heteroatoms. The van der Waals surface area contributed by atoms with E-state index >= 15 is 0 Å². The molecule has 0 saturated carbocycles. The smallest absolute Gasteiger partial charge is 0.123 e. The first-order valence-corrected chi connectivity index (χ1v) is 7.87. The van der Waals surface area contributed by atoms with Crippen molar-refractivity contribution >= 4 is 0 Å². The Bertz CT molecular complexity index is 400. The molecule has 0 bridgehead atoms. The molecule has 20 heavy (non-hydrogen) atoms. The van der Waals surface area contributed by atoms with Gasteiger partial charge in [-0.3, -0.25) is 0 Å².